The number of hydrogen-bond acceptors (Lipinski definition) is 4. The van der Waals surface area contributed by atoms with Crippen LogP contribution < -0.4 is 14.8 Å². The van der Waals surface area contributed by atoms with Crippen molar-refractivity contribution in [2.45, 2.75) is 13.3 Å². The molecule has 0 amide bonds. The maximum Gasteiger partial charge on any atom is 0.193 e. The quantitative estimate of drug-likeness (QED) is 0.278. The van der Waals surface area contributed by atoms with Crippen LogP contribution in [0.1, 0.15) is 13.3 Å². The van der Waals surface area contributed by atoms with E-state index in [1.165, 1.54) is 0 Å². The van der Waals surface area contributed by atoms with Gasteiger partial charge in [0.25, 0.3) is 0 Å². The van der Waals surface area contributed by atoms with E-state index >= 15 is 0 Å². The summed E-state index contributed by atoms with van der Waals surface area (Å²) >= 11 is 0. The van der Waals surface area contributed by atoms with E-state index < -0.39 is 0 Å². The van der Waals surface area contributed by atoms with Crippen molar-refractivity contribution in [3.8, 4) is 11.5 Å². The third-order valence-corrected chi connectivity index (χ3v) is 3.93. The predicted octanol–water partition coefficient (Wildman–Crippen LogP) is 2.63. The van der Waals surface area contributed by atoms with Crippen LogP contribution in [0.5, 0.6) is 11.5 Å². The molecule has 6 nitrogen and oxygen atoms in total. The number of methoxy groups -OCH3 is 1. The Labute approximate surface area is 167 Å². The molecule has 0 aliphatic carbocycles. The molecule has 25 heavy (non-hydrogen) atoms. The zero-order valence-electron chi connectivity index (χ0n) is 15.4. The van der Waals surface area contributed by atoms with Gasteiger partial charge in [-0.3, -0.25) is 0 Å². The second kappa shape index (κ2) is 12.2. The van der Waals surface area contributed by atoms with Crippen molar-refractivity contribution < 1.29 is 14.2 Å². The van der Waals surface area contributed by atoms with Crippen molar-refractivity contribution in [3.05, 3.63) is 24.3 Å². The maximum absolute atomic E-state index is 5.72. The van der Waals surface area contributed by atoms with E-state index in [0.717, 1.165) is 50.2 Å². The maximum atomic E-state index is 5.72. The number of nitrogens with zero attached hydrogens (tertiary/aromatic N) is 2. The first-order valence-corrected chi connectivity index (χ1v) is 8.57. The van der Waals surface area contributed by atoms with E-state index in [-0.39, 0.29) is 24.0 Å². The highest BCUT2D eigenvalue weighted by molar-refractivity contribution is 14.0. The fourth-order valence-electron chi connectivity index (χ4n) is 2.66. The number of aliphatic imine (C=N–C) groups is 1. The van der Waals surface area contributed by atoms with Gasteiger partial charge in [0, 0.05) is 32.7 Å². The molecule has 0 aromatic heterocycles. The van der Waals surface area contributed by atoms with Crippen LogP contribution in [-0.2, 0) is 4.74 Å². The van der Waals surface area contributed by atoms with E-state index in [9.17, 15) is 0 Å². The molecule has 1 aliphatic rings. The van der Waals surface area contributed by atoms with Gasteiger partial charge in [-0.25, -0.2) is 4.99 Å². The highest BCUT2D eigenvalue weighted by Crippen LogP contribution is 2.17. The van der Waals surface area contributed by atoms with Gasteiger partial charge in [0.15, 0.2) is 5.96 Å². The van der Waals surface area contributed by atoms with Gasteiger partial charge in [0.2, 0.25) is 0 Å². The molecule has 1 aromatic carbocycles. The van der Waals surface area contributed by atoms with Crippen LogP contribution in [0.15, 0.2) is 29.3 Å². The number of ether oxygens (including phenoxy) is 3. The van der Waals surface area contributed by atoms with Crippen molar-refractivity contribution in [2.24, 2.45) is 10.9 Å². The molecule has 1 unspecified atom stereocenters. The SMILES string of the molecule is CCNC(=NCCOc1ccc(OC)cc1)N(C)CC1CCOC1.I. The van der Waals surface area contributed by atoms with Gasteiger partial charge in [0.1, 0.15) is 18.1 Å². The molecule has 1 saturated heterocycles. The summed E-state index contributed by atoms with van der Waals surface area (Å²) < 4.78 is 16.3. The topological polar surface area (TPSA) is 55.3 Å². The lowest BCUT2D eigenvalue weighted by Gasteiger charge is -2.24. The monoisotopic (exact) mass is 463 g/mol. The summed E-state index contributed by atoms with van der Waals surface area (Å²) in [4.78, 5) is 6.82. The van der Waals surface area contributed by atoms with Crippen molar-refractivity contribution >= 4 is 29.9 Å². The lowest BCUT2D eigenvalue weighted by molar-refractivity contribution is 0.181. The molecule has 1 heterocycles. The van der Waals surface area contributed by atoms with E-state index in [1.807, 2.05) is 24.3 Å². The Balaban J connectivity index is 0.00000312. The molecule has 1 aromatic rings. The molecule has 7 heteroatoms. The Hall–Kier alpha value is -1.22. The van der Waals surface area contributed by atoms with E-state index in [4.69, 9.17) is 14.2 Å². The largest absolute Gasteiger partial charge is 0.497 e. The van der Waals surface area contributed by atoms with Gasteiger partial charge in [-0.15, -0.1) is 24.0 Å². The summed E-state index contributed by atoms with van der Waals surface area (Å²) in [5, 5.41) is 3.33. The molecule has 142 valence electrons. The van der Waals surface area contributed by atoms with Crippen molar-refractivity contribution in [1.29, 1.82) is 0 Å². The Morgan fingerprint density at radius 1 is 1.32 bits per heavy atom. The van der Waals surface area contributed by atoms with Crippen molar-refractivity contribution in [3.63, 3.8) is 0 Å². The van der Waals surface area contributed by atoms with Crippen LogP contribution in [0.3, 0.4) is 0 Å². The molecule has 0 bridgehead atoms. The fourth-order valence-corrected chi connectivity index (χ4v) is 2.66. The molecule has 1 fully saturated rings. The third kappa shape index (κ3) is 7.68. The number of benzene rings is 1. The zero-order valence-corrected chi connectivity index (χ0v) is 17.7. The van der Waals surface area contributed by atoms with Crippen LogP contribution in [-0.4, -0.2) is 64.5 Å². The van der Waals surface area contributed by atoms with Gasteiger partial charge in [-0.2, -0.15) is 0 Å². The molecule has 1 atom stereocenters. The molecule has 2 rings (SSSR count). The summed E-state index contributed by atoms with van der Waals surface area (Å²) in [5.74, 6) is 3.16. The number of guanidine groups is 1. The molecular formula is C18H30IN3O3. The number of halogens is 1. The summed E-state index contributed by atoms with van der Waals surface area (Å²) in [6.07, 6.45) is 1.13. The normalized spacial score (nSPS) is 16.9. The minimum Gasteiger partial charge on any atom is -0.497 e. The molecular weight excluding hydrogens is 433 g/mol. The van der Waals surface area contributed by atoms with Crippen LogP contribution in [0.2, 0.25) is 0 Å². The fraction of sp³-hybridized carbons (Fsp3) is 0.611. The first kappa shape index (κ1) is 21.8. The van der Waals surface area contributed by atoms with Crippen molar-refractivity contribution in [2.75, 3.05) is 53.6 Å². The first-order chi connectivity index (χ1) is 11.7. The van der Waals surface area contributed by atoms with E-state index in [1.54, 1.807) is 7.11 Å². The highest BCUT2D eigenvalue weighted by atomic mass is 127. The summed E-state index contributed by atoms with van der Waals surface area (Å²) in [6, 6.07) is 7.58. The molecule has 1 aliphatic heterocycles. The van der Waals surface area contributed by atoms with Gasteiger partial charge < -0.3 is 24.4 Å². The van der Waals surface area contributed by atoms with E-state index in [2.05, 4.69) is 29.2 Å². The standard InChI is InChI=1S/C18H29N3O3.HI/c1-4-19-18(21(2)13-15-9-11-23-14-15)20-10-12-24-17-7-5-16(22-3)6-8-17;/h5-8,15H,4,9-14H2,1-3H3,(H,19,20);1H. The summed E-state index contributed by atoms with van der Waals surface area (Å²) in [7, 11) is 3.73. The summed E-state index contributed by atoms with van der Waals surface area (Å²) in [5.41, 5.74) is 0. The molecule has 1 N–H and O–H groups in total. The van der Waals surface area contributed by atoms with Crippen LogP contribution in [0, 0.1) is 5.92 Å². The summed E-state index contributed by atoms with van der Waals surface area (Å²) in [6.45, 7) is 6.78. The highest BCUT2D eigenvalue weighted by Gasteiger charge is 2.18. The molecule has 0 saturated carbocycles. The Bertz CT molecular complexity index is 505. The minimum atomic E-state index is 0. The Kier molecular flexibility index (Phi) is 10.6. The van der Waals surface area contributed by atoms with Crippen LogP contribution in [0.25, 0.3) is 0 Å². The lowest BCUT2D eigenvalue weighted by atomic mass is 10.1. The first-order valence-electron chi connectivity index (χ1n) is 8.57. The Morgan fingerprint density at radius 2 is 2.04 bits per heavy atom. The number of hydrogen-bond donors (Lipinski definition) is 1. The van der Waals surface area contributed by atoms with Crippen molar-refractivity contribution in [1.82, 2.24) is 10.2 Å². The number of rotatable bonds is 8. The predicted molar refractivity (Wildman–Crippen MR) is 111 cm³/mol. The average molecular weight is 463 g/mol. The second-order valence-corrected chi connectivity index (χ2v) is 5.87. The van der Waals surface area contributed by atoms with Gasteiger partial charge in [0.05, 0.1) is 20.3 Å². The molecule has 0 spiro atoms. The van der Waals surface area contributed by atoms with E-state index in [0.29, 0.717) is 19.1 Å². The second-order valence-electron chi connectivity index (χ2n) is 5.87. The third-order valence-electron chi connectivity index (χ3n) is 3.93. The van der Waals surface area contributed by atoms with Gasteiger partial charge >= 0.3 is 0 Å². The Morgan fingerprint density at radius 3 is 2.64 bits per heavy atom. The smallest absolute Gasteiger partial charge is 0.193 e. The molecule has 0 radical (unpaired) electrons. The zero-order chi connectivity index (χ0) is 17.2. The van der Waals surface area contributed by atoms with Gasteiger partial charge in [-0.1, -0.05) is 0 Å². The average Bonchev–Trinajstić information content (AvgIpc) is 3.11. The minimum absolute atomic E-state index is 0. The van der Waals surface area contributed by atoms with Gasteiger partial charge in [-0.05, 0) is 37.6 Å². The lowest BCUT2D eigenvalue weighted by Crippen LogP contribution is -2.41. The van der Waals surface area contributed by atoms with Crippen LogP contribution >= 0.6 is 24.0 Å². The van der Waals surface area contributed by atoms with Crippen LogP contribution in [0.4, 0.5) is 0 Å². The number of nitrogens with one attached hydrogen (secondary N) is 1.